The Balaban J connectivity index is 2.89. The molecular weight excluding hydrogens is 124 g/mol. The topological polar surface area (TPSA) is 52.0 Å². The van der Waals surface area contributed by atoms with Crippen LogP contribution in [0.2, 0.25) is 0 Å². The maximum absolute atomic E-state index is 5.83. The van der Waals surface area contributed by atoms with Crippen LogP contribution in [0, 0.1) is 0 Å². The standard InChI is InChI=1S/C8H16N2/c1-6-4-3-5-8(9,10)7(6)2/h3-5,9-10H2,1-2H3. The molecule has 4 N–H and O–H groups in total. The van der Waals surface area contributed by atoms with Crippen molar-refractivity contribution >= 4 is 0 Å². The highest BCUT2D eigenvalue weighted by atomic mass is 15.0. The monoisotopic (exact) mass is 140 g/mol. The van der Waals surface area contributed by atoms with Gasteiger partial charge in [-0.2, -0.15) is 0 Å². The molecule has 0 aromatic carbocycles. The van der Waals surface area contributed by atoms with Gasteiger partial charge in [0.1, 0.15) is 0 Å². The lowest BCUT2D eigenvalue weighted by molar-refractivity contribution is 0.430. The molecule has 1 rings (SSSR count). The first-order chi connectivity index (χ1) is 4.54. The van der Waals surface area contributed by atoms with Gasteiger partial charge in [0.05, 0.1) is 5.66 Å². The molecule has 1 aliphatic carbocycles. The van der Waals surface area contributed by atoms with E-state index in [1.54, 1.807) is 0 Å². The van der Waals surface area contributed by atoms with E-state index in [-0.39, 0.29) is 0 Å². The first-order valence-electron chi connectivity index (χ1n) is 3.78. The van der Waals surface area contributed by atoms with Gasteiger partial charge in [0.2, 0.25) is 0 Å². The van der Waals surface area contributed by atoms with Crippen LogP contribution in [-0.4, -0.2) is 5.66 Å². The van der Waals surface area contributed by atoms with Crippen LogP contribution in [0.15, 0.2) is 11.1 Å². The van der Waals surface area contributed by atoms with Gasteiger partial charge < -0.3 is 11.5 Å². The van der Waals surface area contributed by atoms with Crippen LogP contribution in [0.4, 0.5) is 0 Å². The number of hydrogen-bond donors (Lipinski definition) is 2. The molecule has 0 aliphatic heterocycles. The first-order valence-corrected chi connectivity index (χ1v) is 3.78. The molecule has 0 heterocycles. The lowest BCUT2D eigenvalue weighted by atomic mass is 9.85. The zero-order valence-corrected chi connectivity index (χ0v) is 6.78. The van der Waals surface area contributed by atoms with Gasteiger partial charge in [0, 0.05) is 0 Å². The Morgan fingerprint density at radius 2 is 1.90 bits per heavy atom. The van der Waals surface area contributed by atoms with Crippen LogP contribution in [0.5, 0.6) is 0 Å². The quantitative estimate of drug-likeness (QED) is 0.391. The molecule has 0 saturated heterocycles. The molecule has 0 unspecified atom stereocenters. The summed E-state index contributed by atoms with van der Waals surface area (Å²) in [6.45, 7) is 4.15. The summed E-state index contributed by atoms with van der Waals surface area (Å²) in [6.07, 6.45) is 3.23. The Morgan fingerprint density at radius 1 is 1.30 bits per heavy atom. The van der Waals surface area contributed by atoms with Gasteiger partial charge in [-0.15, -0.1) is 0 Å². The van der Waals surface area contributed by atoms with E-state index in [0.29, 0.717) is 0 Å². The van der Waals surface area contributed by atoms with Crippen LogP contribution in [0.25, 0.3) is 0 Å². The second kappa shape index (κ2) is 2.36. The maximum atomic E-state index is 5.83. The largest absolute Gasteiger partial charge is 0.310 e. The molecule has 0 atom stereocenters. The molecule has 0 spiro atoms. The van der Waals surface area contributed by atoms with Crippen molar-refractivity contribution in [3.8, 4) is 0 Å². The Bertz CT molecular complexity index is 168. The molecule has 0 radical (unpaired) electrons. The minimum atomic E-state index is -0.512. The number of rotatable bonds is 0. The molecule has 0 bridgehead atoms. The van der Waals surface area contributed by atoms with Gasteiger partial charge in [-0.05, 0) is 38.7 Å². The highest BCUT2D eigenvalue weighted by molar-refractivity contribution is 5.23. The molecule has 0 aromatic rings. The molecule has 0 saturated carbocycles. The summed E-state index contributed by atoms with van der Waals surface area (Å²) in [5, 5.41) is 0. The van der Waals surface area contributed by atoms with Gasteiger partial charge in [-0.3, -0.25) is 0 Å². The smallest absolute Gasteiger partial charge is 0.0858 e. The van der Waals surface area contributed by atoms with Crippen LogP contribution in [-0.2, 0) is 0 Å². The molecule has 0 aromatic heterocycles. The fourth-order valence-electron chi connectivity index (χ4n) is 1.42. The minimum absolute atomic E-state index is 0.512. The van der Waals surface area contributed by atoms with Gasteiger partial charge in [0.25, 0.3) is 0 Å². The van der Waals surface area contributed by atoms with Gasteiger partial charge in [0.15, 0.2) is 0 Å². The summed E-state index contributed by atoms with van der Waals surface area (Å²) in [4.78, 5) is 0. The van der Waals surface area contributed by atoms with Crippen LogP contribution >= 0.6 is 0 Å². The van der Waals surface area contributed by atoms with E-state index in [4.69, 9.17) is 11.5 Å². The average Bonchev–Trinajstić information content (AvgIpc) is 1.83. The van der Waals surface area contributed by atoms with Crippen LogP contribution < -0.4 is 11.5 Å². The third kappa shape index (κ3) is 1.22. The Labute approximate surface area is 62.3 Å². The predicted octanol–water partition coefficient (Wildman–Crippen LogP) is 1.12. The Kier molecular flexibility index (Phi) is 1.84. The van der Waals surface area contributed by atoms with E-state index in [9.17, 15) is 0 Å². The van der Waals surface area contributed by atoms with Crippen molar-refractivity contribution in [2.24, 2.45) is 11.5 Å². The second-order valence-electron chi connectivity index (χ2n) is 3.30. The summed E-state index contributed by atoms with van der Waals surface area (Å²) in [5.41, 5.74) is 13.7. The predicted molar refractivity (Wildman–Crippen MR) is 43.3 cm³/mol. The molecule has 1 aliphatic rings. The second-order valence-corrected chi connectivity index (χ2v) is 3.30. The van der Waals surface area contributed by atoms with E-state index in [0.717, 1.165) is 12.8 Å². The Hall–Kier alpha value is -0.340. The zero-order valence-electron chi connectivity index (χ0n) is 6.78. The Morgan fingerprint density at radius 3 is 2.30 bits per heavy atom. The molecule has 58 valence electrons. The van der Waals surface area contributed by atoms with E-state index < -0.39 is 5.66 Å². The molecular formula is C8H16N2. The minimum Gasteiger partial charge on any atom is -0.310 e. The zero-order chi connectivity index (χ0) is 7.78. The average molecular weight is 140 g/mol. The summed E-state index contributed by atoms with van der Waals surface area (Å²) in [6, 6.07) is 0. The molecule has 2 heteroatoms. The van der Waals surface area contributed by atoms with E-state index in [2.05, 4.69) is 6.92 Å². The number of nitrogens with two attached hydrogens (primary N) is 2. The lowest BCUT2D eigenvalue weighted by Crippen LogP contribution is -2.51. The molecule has 10 heavy (non-hydrogen) atoms. The highest BCUT2D eigenvalue weighted by Crippen LogP contribution is 2.27. The summed E-state index contributed by atoms with van der Waals surface area (Å²) >= 11 is 0. The summed E-state index contributed by atoms with van der Waals surface area (Å²) in [5.74, 6) is 0. The first kappa shape index (κ1) is 7.76. The third-order valence-corrected chi connectivity index (χ3v) is 2.48. The van der Waals surface area contributed by atoms with Crippen LogP contribution in [0.3, 0.4) is 0 Å². The number of hydrogen-bond acceptors (Lipinski definition) is 2. The maximum Gasteiger partial charge on any atom is 0.0858 e. The van der Waals surface area contributed by atoms with Crippen molar-refractivity contribution in [3.63, 3.8) is 0 Å². The summed E-state index contributed by atoms with van der Waals surface area (Å²) < 4.78 is 0. The van der Waals surface area contributed by atoms with E-state index in [1.165, 1.54) is 17.6 Å². The van der Waals surface area contributed by atoms with E-state index >= 15 is 0 Å². The lowest BCUT2D eigenvalue weighted by Gasteiger charge is -2.31. The van der Waals surface area contributed by atoms with E-state index in [1.807, 2.05) is 6.92 Å². The van der Waals surface area contributed by atoms with Crippen LogP contribution in [0.1, 0.15) is 33.1 Å². The van der Waals surface area contributed by atoms with Crippen molar-refractivity contribution in [2.45, 2.75) is 38.8 Å². The van der Waals surface area contributed by atoms with Crippen molar-refractivity contribution in [2.75, 3.05) is 0 Å². The van der Waals surface area contributed by atoms with Crippen molar-refractivity contribution in [1.82, 2.24) is 0 Å². The van der Waals surface area contributed by atoms with Crippen molar-refractivity contribution < 1.29 is 0 Å². The molecule has 2 nitrogen and oxygen atoms in total. The van der Waals surface area contributed by atoms with Gasteiger partial charge in [-0.1, -0.05) is 5.57 Å². The highest BCUT2D eigenvalue weighted by Gasteiger charge is 2.25. The van der Waals surface area contributed by atoms with Gasteiger partial charge >= 0.3 is 0 Å². The fourth-order valence-corrected chi connectivity index (χ4v) is 1.42. The molecule has 0 fully saturated rings. The molecule has 0 amide bonds. The van der Waals surface area contributed by atoms with Gasteiger partial charge in [-0.25, -0.2) is 0 Å². The SMILES string of the molecule is CC1=C(C)C(N)(N)CCC1. The van der Waals surface area contributed by atoms with Crippen molar-refractivity contribution in [1.29, 1.82) is 0 Å². The number of allylic oxidation sites excluding steroid dienone is 1. The third-order valence-electron chi connectivity index (χ3n) is 2.48. The fraction of sp³-hybridized carbons (Fsp3) is 0.750. The van der Waals surface area contributed by atoms with Crippen molar-refractivity contribution in [3.05, 3.63) is 11.1 Å². The summed E-state index contributed by atoms with van der Waals surface area (Å²) in [7, 11) is 0. The normalized spacial score (nSPS) is 25.2.